The Morgan fingerprint density at radius 2 is 2.06 bits per heavy atom. The third kappa shape index (κ3) is 5.37. The van der Waals surface area contributed by atoms with Crippen molar-refractivity contribution in [2.24, 2.45) is 0 Å². The number of hydrogen-bond donors (Lipinski definition) is 2. The maximum atomic E-state index is 11.7. The van der Waals surface area contributed by atoms with Crippen molar-refractivity contribution < 1.29 is 13.2 Å². The van der Waals surface area contributed by atoms with E-state index in [0.717, 1.165) is 6.26 Å². The average Bonchev–Trinajstić information content (AvgIpc) is 2.21. The fourth-order valence-electron chi connectivity index (χ4n) is 1.38. The summed E-state index contributed by atoms with van der Waals surface area (Å²) in [4.78, 5) is 11.7. The Hall–Kier alpha value is -1.27. The van der Waals surface area contributed by atoms with E-state index in [0.29, 0.717) is 29.2 Å². The highest BCUT2D eigenvalue weighted by molar-refractivity contribution is 7.90. The minimum atomic E-state index is -2.99. The second-order valence-corrected chi connectivity index (χ2v) is 6.71. The van der Waals surface area contributed by atoms with Gasteiger partial charge in [-0.25, -0.2) is 8.42 Å². The van der Waals surface area contributed by atoms with Crippen molar-refractivity contribution in [3.8, 4) is 0 Å². The molecule has 0 aliphatic rings. The van der Waals surface area contributed by atoms with Crippen LogP contribution >= 0.6 is 11.6 Å². The van der Waals surface area contributed by atoms with Gasteiger partial charge in [0.15, 0.2) is 0 Å². The van der Waals surface area contributed by atoms with Gasteiger partial charge in [0.1, 0.15) is 9.84 Å². The molecule has 0 aliphatic carbocycles. The molecule has 100 valence electrons. The van der Waals surface area contributed by atoms with Crippen LogP contribution in [0.25, 0.3) is 0 Å². The average molecular weight is 291 g/mol. The molecule has 1 rings (SSSR count). The number of sulfone groups is 1. The maximum absolute atomic E-state index is 11.7. The van der Waals surface area contributed by atoms with Crippen LogP contribution in [-0.2, 0) is 9.84 Å². The summed E-state index contributed by atoms with van der Waals surface area (Å²) in [5.74, 6) is -0.275. The molecule has 1 aromatic carbocycles. The molecule has 0 heterocycles. The van der Waals surface area contributed by atoms with Crippen LogP contribution in [0.1, 0.15) is 16.8 Å². The Labute approximate surface area is 111 Å². The molecule has 18 heavy (non-hydrogen) atoms. The molecule has 0 radical (unpaired) electrons. The van der Waals surface area contributed by atoms with E-state index in [9.17, 15) is 13.2 Å². The topological polar surface area (TPSA) is 89.3 Å². The number of hydrogen-bond acceptors (Lipinski definition) is 4. The fourth-order valence-corrected chi connectivity index (χ4v) is 2.29. The number of halogens is 1. The molecule has 0 aliphatic heterocycles. The smallest absolute Gasteiger partial charge is 0.251 e. The van der Waals surface area contributed by atoms with E-state index < -0.39 is 9.84 Å². The first-order valence-electron chi connectivity index (χ1n) is 5.30. The van der Waals surface area contributed by atoms with E-state index in [2.05, 4.69) is 5.32 Å². The zero-order valence-corrected chi connectivity index (χ0v) is 11.5. The van der Waals surface area contributed by atoms with Gasteiger partial charge in [0.2, 0.25) is 0 Å². The van der Waals surface area contributed by atoms with Crippen LogP contribution in [0.2, 0.25) is 5.02 Å². The quantitative estimate of drug-likeness (QED) is 0.627. The Morgan fingerprint density at radius 1 is 1.39 bits per heavy atom. The van der Waals surface area contributed by atoms with Gasteiger partial charge in [0, 0.05) is 29.1 Å². The third-order valence-electron chi connectivity index (χ3n) is 2.16. The molecule has 0 fully saturated rings. The van der Waals surface area contributed by atoms with E-state index in [1.807, 2.05) is 0 Å². The summed E-state index contributed by atoms with van der Waals surface area (Å²) in [6.07, 6.45) is 1.53. The van der Waals surface area contributed by atoms with Crippen molar-refractivity contribution >= 4 is 33.0 Å². The second-order valence-electron chi connectivity index (χ2n) is 4.01. The molecular weight excluding hydrogens is 276 g/mol. The zero-order valence-electron chi connectivity index (χ0n) is 9.94. The Kier molecular flexibility index (Phi) is 4.98. The molecule has 5 nitrogen and oxygen atoms in total. The van der Waals surface area contributed by atoms with Gasteiger partial charge in [0.05, 0.1) is 5.75 Å². The van der Waals surface area contributed by atoms with Crippen molar-refractivity contribution in [2.45, 2.75) is 6.42 Å². The lowest BCUT2D eigenvalue weighted by molar-refractivity contribution is 0.0953. The summed E-state index contributed by atoms with van der Waals surface area (Å²) >= 11 is 5.78. The van der Waals surface area contributed by atoms with E-state index >= 15 is 0 Å². The van der Waals surface area contributed by atoms with Gasteiger partial charge in [-0.2, -0.15) is 0 Å². The highest BCUT2D eigenvalue weighted by Crippen LogP contribution is 2.16. The molecule has 0 aromatic heterocycles. The second kappa shape index (κ2) is 6.06. The Bertz CT molecular complexity index is 523. The van der Waals surface area contributed by atoms with Crippen molar-refractivity contribution in [1.82, 2.24) is 5.32 Å². The first kappa shape index (κ1) is 14.8. The molecule has 0 atom stereocenters. The van der Waals surface area contributed by atoms with Crippen molar-refractivity contribution in [3.63, 3.8) is 0 Å². The number of anilines is 1. The van der Waals surface area contributed by atoms with Crippen molar-refractivity contribution in [3.05, 3.63) is 28.8 Å². The van der Waals surface area contributed by atoms with Crippen LogP contribution in [-0.4, -0.2) is 32.9 Å². The molecule has 7 heteroatoms. The summed E-state index contributed by atoms with van der Waals surface area (Å²) in [6.45, 7) is 0.290. The molecule has 0 unspecified atom stereocenters. The summed E-state index contributed by atoms with van der Waals surface area (Å²) in [5.41, 5.74) is 6.33. The first-order chi connectivity index (χ1) is 8.28. The Balaban J connectivity index is 2.51. The molecule has 1 aromatic rings. The van der Waals surface area contributed by atoms with Gasteiger partial charge in [-0.05, 0) is 24.6 Å². The number of rotatable bonds is 5. The number of benzene rings is 1. The van der Waals surface area contributed by atoms with Gasteiger partial charge in [0.25, 0.3) is 5.91 Å². The van der Waals surface area contributed by atoms with Gasteiger partial charge in [-0.3, -0.25) is 4.79 Å². The molecule has 0 bridgehead atoms. The largest absolute Gasteiger partial charge is 0.399 e. The van der Waals surface area contributed by atoms with Gasteiger partial charge in [-0.15, -0.1) is 0 Å². The highest BCUT2D eigenvalue weighted by atomic mass is 35.5. The summed E-state index contributed by atoms with van der Waals surface area (Å²) in [5, 5.41) is 2.99. The summed E-state index contributed by atoms with van der Waals surface area (Å²) in [7, 11) is -2.99. The standard InChI is InChI=1S/C11H15ClN2O3S/c1-18(16,17)4-2-3-14-11(15)8-5-9(12)7-10(13)6-8/h5-7H,2-4,13H2,1H3,(H,14,15). The van der Waals surface area contributed by atoms with E-state index in [-0.39, 0.29) is 11.7 Å². The van der Waals surface area contributed by atoms with Gasteiger partial charge in [-0.1, -0.05) is 11.6 Å². The lowest BCUT2D eigenvalue weighted by atomic mass is 10.2. The number of amides is 1. The number of carbonyl (C=O) groups excluding carboxylic acids is 1. The van der Waals surface area contributed by atoms with Crippen LogP contribution < -0.4 is 11.1 Å². The number of nitrogens with one attached hydrogen (secondary N) is 1. The van der Waals surface area contributed by atoms with Crippen LogP contribution in [0.15, 0.2) is 18.2 Å². The molecule has 0 spiro atoms. The first-order valence-corrected chi connectivity index (χ1v) is 7.74. The van der Waals surface area contributed by atoms with Crippen LogP contribution in [0.3, 0.4) is 0 Å². The number of carbonyl (C=O) groups is 1. The van der Waals surface area contributed by atoms with E-state index in [4.69, 9.17) is 17.3 Å². The maximum Gasteiger partial charge on any atom is 0.251 e. The monoisotopic (exact) mass is 290 g/mol. The molecule has 0 saturated carbocycles. The van der Waals surface area contributed by atoms with Crippen molar-refractivity contribution in [1.29, 1.82) is 0 Å². The molecule has 0 saturated heterocycles. The van der Waals surface area contributed by atoms with Gasteiger partial charge < -0.3 is 11.1 Å². The number of nitrogen functional groups attached to an aromatic ring is 1. The summed E-state index contributed by atoms with van der Waals surface area (Å²) in [6, 6.07) is 4.56. The lowest BCUT2D eigenvalue weighted by Gasteiger charge is -2.06. The van der Waals surface area contributed by atoms with E-state index in [1.54, 1.807) is 6.07 Å². The molecular formula is C11H15ClN2O3S. The predicted octanol–water partition coefficient (Wildman–Crippen LogP) is 1.09. The molecule has 3 N–H and O–H groups in total. The Morgan fingerprint density at radius 3 is 2.61 bits per heavy atom. The lowest BCUT2D eigenvalue weighted by Crippen LogP contribution is -2.25. The van der Waals surface area contributed by atoms with E-state index in [1.165, 1.54) is 12.1 Å². The zero-order chi connectivity index (χ0) is 13.8. The minimum Gasteiger partial charge on any atom is -0.399 e. The fraction of sp³-hybridized carbons (Fsp3) is 0.364. The summed E-state index contributed by atoms with van der Waals surface area (Å²) < 4.78 is 21.8. The van der Waals surface area contributed by atoms with Crippen LogP contribution in [0, 0.1) is 0 Å². The van der Waals surface area contributed by atoms with Crippen molar-refractivity contribution in [2.75, 3.05) is 24.3 Å². The molecule has 1 amide bonds. The van der Waals surface area contributed by atoms with Crippen LogP contribution in [0.5, 0.6) is 0 Å². The normalized spacial score (nSPS) is 11.2. The SMILES string of the molecule is CS(=O)(=O)CCCNC(=O)c1cc(N)cc(Cl)c1. The predicted molar refractivity (Wildman–Crippen MR) is 72.5 cm³/mol. The number of nitrogens with two attached hydrogens (primary N) is 1. The van der Waals surface area contributed by atoms with Gasteiger partial charge >= 0.3 is 0 Å². The third-order valence-corrected chi connectivity index (χ3v) is 3.41. The highest BCUT2D eigenvalue weighted by Gasteiger charge is 2.07. The van der Waals surface area contributed by atoms with Crippen LogP contribution in [0.4, 0.5) is 5.69 Å². The minimum absolute atomic E-state index is 0.0466.